The molecule has 1 heterocycles. The van der Waals surface area contributed by atoms with Crippen molar-refractivity contribution in [3.05, 3.63) is 52.0 Å². The third kappa shape index (κ3) is 12.9. The van der Waals surface area contributed by atoms with E-state index in [2.05, 4.69) is 20.9 Å². The van der Waals surface area contributed by atoms with Gasteiger partial charge < -0.3 is 30.3 Å². The fourth-order valence-electron chi connectivity index (χ4n) is 7.21. The number of likely N-dealkylation sites (N-methyl/N-ethyl adjacent to an activating group) is 1. The van der Waals surface area contributed by atoms with E-state index in [9.17, 15) is 24.0 Å². The molecule has 2 aromatic rings. The number of nitrogens with one attached hydrogen (secondary N) is 3. The summed E-state index contributed by atoms with van der Waals surface area (Å²) in [6, 6.07) is 8.97. The maximum absolute atomic E-state index is 14.4. The van der Waals surface area contributed by atoms with Crippen LogP contribution in [0.5, 0.6) is 0 Å². The van der Waals surface area contributed by atoms with Gasteiger partial charge in [-0.25, -0.2) is 4.98 Å². The molecule has 1 aliphatic carbocycles. The van der Waals surface area contributed by atoms with Crippen LogP contribution in [0.3, 0.4) is 0 Å². The highest BCUT2D eigenvalue weighted by Gasteiger charge is 2.46. The molecule has 1 saturated carbocycles. The van der Waals surface area contributed by atoms with E-state index in [0.29, 0.717) is 30.7 Å². The topological polar surface area (TPSA) is 156 Å². The summed E-state index contributed by atoms with van der Waals surface area (Å²) in [5, 5.41) is 11.4. The summed E-state index contributed by atoms with van der Waals surface area (Å²) in [5.74, 6) is -2.18. The normalized spacial score (nSPS) is 16.5. The number of hydrogen-bond donors (Lipinski definition) is 3. The van der Waals surface area contributed by atoms with Gasteiger partial charge in [0.05, 0.1) is 13.0 Å². The molecule has 3 rings (SSSR count). The lowest BCUT2D eigenvalue weighted by Gasteiger charge is -2.40. The second-order valence-electron chi connectivity index (χ2n) is 14.9. The van der Waals surface area contributed by atoms with Crippen LogP contribution in [0.25, 0.3) is 0 Å². The van der Waals surface area contributed by atoms with Crippen LogP contribution in [-0.2, 0) is 35.1 Å². The summed E-state index contributed by atoms with van der Waals surface area (Å²) in [6.45, 7) is 9.93. The molecule has 0 bridgehead atoms. The van der Waals surface area contributed by atoms with E-state index in [1.54, 1.807) is 24.3 Å². The number of thiazole rings is 1. The van der Waals surface area contributed by atoms with Crippen LogP contribution in [-0.4, -0.2) is 84.9 Å². The Balaban J connectivity index is 1.79. The number of nitrogens with zero attached hydrogens (tertiary/aromatic N) is 2. The summed E-state index contributed by atoms with van der Waals surface area (Å²) in [4.78, 5) is 72.3. The van der Waals surface area contributed by atoms with Crippen LogP contribution in [0.4, 0.5) is 0 Å². The fraction of sp³-hybridized carbons (Fsp3) is 0.650. The van der Waals surface area contributed by atoms with Crippen molar-refractivity contribution in [2.75, 3.05) is 27.7 Å². The van der Waals surface area contributed by atoms with E-state index in [0.717, 1.165) is 44.2 Å². The Bertz CT molecular complexity index is 1490. The molecule has 1 aromatic carbocycles. The van der Waals surface area contributed by atoms with E-state index in [1.165, 1.54) is 25.4 Å². The molecular formula is C40H61N5O7S. The largest absolute Gasteiger partial charge is 0.469 e. The van der Waals surface area contributed by atoms with Crippen molar-refractivity contribution in [2.24, 2.45) is 17.8 Å². The Morgan fingerprint density at radius 1 is 0.981 bits per heavy atom. The molecule has 13 heteroatoms. The Kier molecular flexibility index (Phi) is 17.4. The second kappa shape index (κ2) is 21.2. The monoisotopic (exact) mass is 755 g/mol. The fourth-order valence-corrected chi connectivity index (χ4v) is 8.05. The van der Waals surface area contributed by atoms with Gasteiger partial charge in [0.15, 0.2) is 6.10 Å². The van der Waals surface area contributed by atoms with E-state index in [1.807, 2.05) is 58.2 Å². The summed E-state index contributed by atoms with van der Waals surface area (Å²) in [6.07, 6.45) is 5.81. The predicted molar refractivity (Wildman–Crippen MR) is 206 cm³/mol. The second-order valence-corrected chi connectivity index (χ2v) is 15.8. The zero-order valence-corrected chi connectivity index (χ0v) is 33.7. The molecule has 1 aromatic heterocycles. The summed E-state index contributed by atoms with van der Waals surface area (Å²) in [5.41, 5.74) is 0.198. The summed E-state index contributed by atoms with van der Waals surface area (Å²) < 4.78 is 10.7. The predicted octanol–water partition coefficient (Wildman–Crippen LogP) is 5.62. The lowest BCUT2D eigenvalue weighted by Crippen LogP contribution is -2.60. The van der Waals surface area contributed by atoms with Crippen molar-refractivity contribution in [1.82, 2.24) is 25.8 Å². The van der Waals surface area contributed by atoms with Crippen LogP contribution in [0.1, 0.15) is 120 Å². The Labute approximate surface area is 319 Å². The van der Waals surface area contributed by atoms with Crippen molar-refractivity contribution in [1.29, 1.82) is 0 Å². The molecule has 3 N–H and O–H groups in total. The average Bonchev–Trinajstić information content (AvgIpc) is 3.82. The molecule has 0 spiro atoms. The first-order valence-electron chi connectivity index (χ1n) is 19.0. The van der Waals surface area contributed by atoms with Crippen LogP contribution < -0.4 is 16.0 Å². The van der Waals surface area contributed by atoms with Crippen molar-refractivity contribution in [3.8, 4) is 0 Å². The molecule has 0 unspecified atom stereocenters. The molecule has 0 aliphatic heterocycles. The lowest BCUT2D eigenvalue weighted by molar-refractivity contribution is -0.150. The Hall–Kier alpha value is -3.84. The zero-order chi connectivity index (χ0) is 39.1. The SMILES string of the molecule is CNCCCC[C@@H](C)C(=O)NC1(C(=O)N(C)[C@H](C[C@@H](OC(C)=O)c2nc(C(=O)N[C@@H](Cc3ccccc3)C[C@H](C)C(=O)OC)cs2)C(C)C)CCCC1. The van der Waals surface area contributed by atoms with Crippen LogP contribution >= 0.6 is 11.3 Å². The van der Waals surface area contributed by atoms with Gasteiger partial charge in [-0.2, -0.15) is 0 Å². The van der Waals surface area contributed by atoms with Crippen molar-refractivity contribution in [3.63, 3.8) is 0 Å². The molecule has 3 amide bonds. The van der Waals surface area contributed by atoms with Crippen LogP contribution in [0.15, 0.2) is 35.7 Å². The highest BCUT2D eigenvalue weighted by atomic mass is 32.1. The quantitative estimate of drug-likeness (QED) is 0.109. The average molecular weight is 756 g/mol. The van der Waals surface area contributed by atoms with Gasteiger partial charge in [-0.15, -0.1) is 11.3 Å². The van der Waals surface area contributed by atoms with Gasteiger partial charge in [-0.05, 0) is 63.6 Å². The van der Waals surface area contributed by atoms with Gasteiger partial charge >= 0.3 is 11.9 Å². The van der Waals surface area contributed by atoms with Gasteiger partial charge in [0, 0.05) is 43.8 Å². The highest BCUT2D eigenvalue weighted by molar-refractivity contribution is 7.09. The maximum atomic E-state index is 14.4. The number of unbranched alkanes of at least 4 members (excludes halogenated alkanes) is 1. The first kappa shape index (κ1) is 43.6. The molecule has 12 nitrogen and oxygen atoms in total. The molecule has 294 valence electrons. The van der Waals surface area contributed by atoms with Gasteiger partial charge in [0.1, 0.15) is 16.2 Å². The van der Waals surface area contributed by atoms with Gasteiger partial charge in [-0.3, -0.25) is 24.0 Å². The van der Waals surface area contributed by atoms with Crippen LogP contribution in [0.2, 0.25) is 0 Å². The zero-order valence-electron chi connectivity index (χ0n) is 32.9. The van der Waals surface area contributed by atoms with Gasteiger partial charge in [-0.1, -0.05) is 77.3 Å². The third-order valence-electron chi connectivity index (χ3n) is 10.3. The number of benzene rings is 1. The minimum absolute atomic E-state index is 0.0273. The van der Waals surface area contributed by atoms with E-state index < -0.39 is 29.4 Å². The minimum Gasteiger partial charge on any atom is -0.469 e. The molecular weight excluding hydrogens is 695 g/mol. The summed E-state index contributed by atoms with van der Waals surface area (Å²) >= 11 is 1.21. The number of hydrogen-bond acceptors (Lipinski definition) is 10. The number of rotatable bonds is 21. The van der Waals surface area contributed by atoms with Crippen LogP contribution in [0, 0.1) is 17.8 Å². The Morgan fingerprint density at radius 2 is 1.66 bits per heavy atom. The molecule has 1 aliphatic rings. The first-order valence-corrected chi connectivity index (χ1v) is 19.9. The van der Waals surface area contributed by atoms with E-state index >= 15 is 0 Å². The number of carbonyl (C=O) groups excluding carboxylic acids is 5. The molecule has 5 atom stereocenters. The van der Waals surface area contributed by atoms with Gasteiger partial charge in [0.2, 0.25) is 11.8 Å². The molecule has 53 heavy (non-hydrogen) atoms. The molecule has 1 fully saturated rings. The number of esters is 2. The minimum atomic E-state index is -0.983. The number of carbonyl (C=O) groups is 5. The highest BCUT2D eigenvalue weighted by Crippen LogP contribution is 2.35. The van der Waals surface area contributed by atoms with E-state index in [-0.39, 0.29) is 53.8 Å². The smallest absolute Gasteiger partial charge is 0.308 e. The lowest BCUT2D eigenvalue weighted by atomic mass is 9.90. The number of aromatic nitrogens is 1. The third-order valence-corrected chi connectivity index (χ3v) is 11.2. The van der Waals surface area contributed by atoms with E-state index in [4.69, 9.17) is 9.47 Å². The maximum Gasteiger partial charge on any atom is 0.308 e. The Morgan fingerprint density at radius 3 is 2.26 bits per heavy atom. The number of ether oxygens (including phenoxy) is 2. The molecule has 0 saturated heterocycles. The standard InChI is InChI=1S/C40H61N5O7S/c1-26(2)33(45(7)39(50)40(19-13-14-20-40)44-35(47)27(3)16-12-15-21-41-6)24-34(52-29(5)46)37-43-32(25-53-37)36(48)42-31(22-28(4)38(49)51-8)23-30-17-10-9-11-18-30/h9-11,17-18,25-28,31,33-34,41H,12-16,19-24H2,1-8H3,(H,42,48)(H,44,47)/t27-,28+,31-,33-,34-/m1/s1. The molecule has 0 radical (unpaired) electrons. The van der Waals surface area contributed by atoms with Crippen molar-refractivity contribution < 1.29 is 33.4 Å². The summed E-state index contributed by atoms with van der Waals surface area (Å²) in [7, 11) is 5.02. The number of methoxy groups -OCH3 is 1. The van der Waals surface area contributed by atoms with Crippen molar-refractivity contribution >= 4 is 41.0 Å². The van der Waals surface area contributed by atoms with Crippen molar-refractivity contribution in [2.45, 2.75) is 123 Å². The first-order chi connectivity index (χ1) is 25.2. The number of amides is 3. The van der Waals surface area contributed by atoms with Gasteiger partial charge in [0.25, 0.3) is 5.91 Å².